The first-order valence-electron chi connectivity index (χ1n) is 7.68. The number of carbonyl (C=O) groups is 1. The molecule has 0 spiro atoms. The van der Waals surface area contributed by atoms with Crippen molar-refractivity contribution in [1.82, 2.24) is 14.9 Å². The predicted molar refractivity (Wildman–Crippen MR) is 83.9 cm³/mol. The van der Waals surface area contributed by atoms with Crippen LogP contribution in [0.25, 0.3) is 0 Å². The van der Waals surface area contributed by atoms with E-state index in [4.69, 9.17) is 4.74 Å². The van der Waals surface area contributed by atoms with Gasteiger partial charge in [0.25, 0.3) is 5.91 Å². The van der Waals surface area contributed by atoms with Crippen molar-refractivity contribution in [3.63, 3.8) is 0 Å². The number of rotatable bonds is 4. The Morgan fingerprint density at radius 1 is 1.35 bits per heavy atom. The van der Waals surface area contributed by atoms with E-state index < -0.39 is 0 Å². The van der Waals surface area contributed by atoms with Gasteiger partial charge in [0.2, 0.25) is 0 Å². The predicted octanol–water partition coefficient (Wildman–Crippen LogP) is 2.00. The van der Waals surface area contributed by atoms with Gasteiger partial charge in [0, 0.05) is 31.7 Å². The van der Waals surface area contributed by atoms with E-state index in [1.54, 1.807) is 23.4 Å². The molecule has 120 valence electrons. The number of carbonyl (C=O) groups excluding carboxylic acids is 1. The van der Waals surface area contributed by atoms with Gasteiger partial charge < -0.3 is 14.7 Å². The van der Waals surface area contributed by atoms with Gasteiger partial charge in [-0.05, 0) is 36.6 Å². The second-order valence-corrected chi connectivity index (χ2v) is 5.56. The van der Waals surface area contributed by atoms with Crippen LogP contribution in [0.5, 0.6) is 5.75 Å². The van der Waals surface area contributed by atoms with Crippen molar-refractivity contribution in [1.29, 1.82) is 0 Å². The molecule has 1 aliphatic rings. The molecule has 6 heteroatoms. The van der Waals surface area contributed by atoms with Gasteiger partial charge in [-0.25, -0.2) is 4.98 Å². The Hall–Kier alpha value is -2.47. The highest BCUT2D eigenvalue weighted by Gasteiger charge is 2.27. The Morgan fingerprint density at radius 3 is 3.00 bits per heavy atom. The van der Waals surface area contributed by atoms with E-state index in [-0.39, 0.29) is 23.5 Å². The van der Waals surface area contributed by atoms with Gasteiger partial charge in [-0.15, -0.1) is 0 Å². The molecule has 0 aromatic carbocycles. The van der Waals surface area contributed by atoms with E-state index in [1.165, 1.54) is 12.3 Å². The standard InChI is InChI=1S/C17H19N3O3/c21-15-6-2-8-19-16(15)17(22)20-9-3-5-14(11-20)23-12-13-4-1-7-18-10-13/h1-2,4,6-8,10,14,21H,3,5,9,11-12H2/t14-/m1/s1. The molecule has 23 heavy (non-hydrogen) atoms. The second-order valence-electron chi connectivity index (χ2n) is 5.56. The summed E-state index contributed by atoms with van der Waals surface area (Å²) in [6.45, 7) is 1.64. The lowest BCUT2D eigenvalue weighted by molar-refractivity contribution is -0.00705. The van der Waals surface area contributed by atoms with Crippen LogP contribution in [0.3, 0.4) is 0 Å². The molecule has 1 saturated heterocycles. The average molecular weight is 313 g/mol. The Balaban J connectivity index is 1.60. The molecular formula is C17H19N3O3. The molecule has 0 radical (unpaired) electrons. The minimum atomic E-state index is -0.252. The number of aromatic hydroxyl groups is 1. The molecular weight excluding hydrogens is 294 g/mol. The first kappa shape index (κ1) is 15.4. The van der Waals surface area contributed by atoms with Crippen molar-refractivity contribution < 1.29 is 14.6 Å². The zero-order valence-electron chi connectivity index (χ0n) is 12.8. The minimum Gasteiger partial charge on any atom is -0.505 e. The van der Waals surface area contributed by atoms with Gasteiger partial charge in [0.1, 0.15) is 5.75 Å². The van der Waals surface area contributed by atoms with Crippen LogP contribution in [0.2, 0.25) is 0 Å². The fraction of sp³-hybridized carbons (Fsp3) is 0.353. The zero-order chi connectivity index (χ0) is 16.1. The molecule has 0 saturated carbocycles. The first-order valence-corrected chi connectivity index (χ1v) is 7.68. The maximum atomic E-state index is 12.5. The number of pyridine rings is 2. The molecule has 3 heterocycles. The van der Waals surface area contributed by atoms with Crippen molar-refractivity contribution in [2.75, 3.05) is 13.1 Å². The third-order valence-corrected chi connectivity index (χ3v) is 3.86. The molecule has 1 amide bonds. The van der Waals surface area contributed by atoms with Crippen molar-refractivity contribution in [3.05, 3.63) is 54.1 Å². The number of nitrogens with zero attached hydrogens (tertiary/aromatic N) is 3. The Kier molecular flexibility index (Phi) is 4.83. The summed E-state index contributed by atoms with van der Waals surface area (Å²) in [5.41, 5.74) is 1.11. The molecule has 1 atom stereocenters. The van der Waals surface area contributed by atoms with Crippen LogP contribution >= 0.6 is 0 Å². The number of piperidine rings is 1. The molecule has 2 aromatic heterocycles. The van der Waals surface area contributed by atoms with Gasteiger partial charge in [0.05, 0.1) is 12.7 Å². The molecule has 3 rings (SSSR count). The molecule has 1 fully saturated rings. The van der Waals surface area contributed by atoms with E-state index in [1.807, 2.05) is 12.1 Å². The summed E-state index contributed by atoms with van der Waals surface area (Å²) in [5.74, 6) is -0.339. The number of hydrogen-bond acceptors (Lipinski definition) is 5. The summed E-state index contributed by atoms with van der Waals surface area (Å²) in [6, 6.07) is 6.91. The van der Waals surface area contributed by atoms with Gasteiger partial charge in [-0.3, -0.25) is 9.78 Å². The monoisotopic (exact) mass is 313 g/mol. The SMILES string of the molecule is O=C(c1ncccc1O)N1CCC[C@@H](OCc2cccnc2)C1. The molecule has 0 bridgehead atoms. The molecule has 0 aliphatic carbocycles. The summed E-state index contributed by atoms with van der Waals surface area (Å²) in [5, 5.41) is 9.78. The maximum absolute atomic E-state index is 12.5. The lowest BCUT2D eigenvalue weighted by Gasteiger charge is -2.32. The van der Waals surface area contributed by atoms with Crippen LogP contribution in [0.4, 0.5) is 0 Å². The largest absolute Gasteiger partial charge is 0.505 e. The minimum absolute atomic E-state index is 0.0150. The van der Waals surface area contributed by atoms with E-state index in [0.29, 0.717) is 19.7 Å². The summed E-state index contributed by atoms with van der Waals surface area (Å²) in [4.78, 5) is 22.2. The van der Waals surface area contributed by atoms with Crippen LogP contribution in [-0.2, 0) is 11.3 Å². The Bertz CT molecular complexity index is 663. The van der Waals surface area contributed by atoms with Crippen LogP contribution in [0, 0.1) is 0 Å². The van der Waals surface area contributed by atoms with Gasteiger partial charge in [-0.1, -0.05) is 6.07 Å². The summed E-state index contributed by atoms with van der Waals surface area (Å²) in [6.07, 6.45) is 6.78. The van der Waals surface area contributed by atoms with Crippen molar-refractivity contribution in [3.8, 4) is 5.75 Å². The smallest absolute Gasteiger partial charge is 0.276 e. The number of aromatic nitrogens is 2. The number of amides is 1. The third-order valence-electron chi connectivity index (χ3n) is 3.86. The maximum Gasteiger partial charge on any atom is 0.276 e. The Morgan fingerprint density at radius 2 is 2.22 bits per heavy atom. The van der Waals surface area contributed by atoms with Crippen molar-refractivity contribution in [2.24, 2.45) is 0 Å². The summed E-state index contributed by atoms with van der Waals surface area (Å²) < 4.78 is 5.90. The van der Waals surface area contributed by atoms with E-state index in [0.717, 1.165) is 18.4 Å². The highest BCUT2D eigenvalue weighted by molar-refractivity contribution is 5.94. The highest BCUT2D eigenvalue weighted by atomic mass is 16.5. The fourth-order valence-electron chi connectivity index (χ4n) is 2.67. The highest BCUT2D eigenvalue weighted by Crippen LogP contribution is 2.20. The van der Waals surface area contributed by atoms with Gasteiger partial charge in [-0.2, -0.15) is 0 Å². The Labute approximate surface area is 134 Å². The van der Waals surface area contributed by atoms with E-state index >= 15 is 0 Å². The number of ether oxygens (including phenoxy) is 1. The van der Waals surface area contributed by atoms with Crippen LogP contribution in [0.1, 0.15) is 28.9 Å². The summed E-state index contributed by atoms with van der Waals surface area (Å²) >= 11 is 0. The summed E-state index contributed by atoms with van der Waals surface area (Å²) in [7, 11) is 0. The molecule has 1 aliphatic heterocycles. The van der Waals surface area contributed by atoms with E-state index in [9.17, 15) is 9.90 Å². The third kappa shape index (κ3) is 3.84. The lowest BCUT2D eigenvalue weighted by Crippen LogP contribution is -2.43. The van der Waals surface area contributed by atoms with Crippen molar-refractivity contribution >= 4 is 5.91 Å². The fourth-order valence-corrected chi connectivity index (χ4v) is 2.67. The van der Waals surface area contributed by atoms with Crippen LogP contribution < -0.4 is 0 Å². The van der Waals surface area contributed by atoms with E-state index in [2.05, 4.69) is 9.97 Å². The van der Waals surface area contributed by atoms with Gasteiger partial charge in [0.15, 0.2) is 5.69 Å². The van der Waals surface area contributed by atoms with Crippen molar-refractivity contribution in [2.45, 2.75) is 25.6 Å². The molecule has 2 aromatic rings. The first-order chi connectivity index (χ1) is 11.2. The lowest BCUT2D eigenvalue weighted by atomic mass is 10.1. The zero-order valence-corrected chi connectivity index (χ0v) is 12.8. The second kappa shape index (κ2) is 7.19. The van der Waals surface area contributed by atoms with Crippen LogP contribution in [0.15, 0.2) is 42.9 Å². The average Bonchev–Trinajstić information content (AvgIpc) is 2.61. The normalized spacial score (nSPS) is 17.9. The van der Waals surface area contributed by atoms with Gasteiger partial charge >= 0.3 is 0 Å². The quantitative estimate of drug-likeness (QED) is 0.934. The number of hydrogen-bond donors (Lipinski definition) is 1. The van der Waals surface area contributed by atoms with Crippen LogP contribution in [-0.4, -0.2) is 45.1 Å². The molecule has 1 N–H and O–H groups in total. The molecule has 6 nitrogen and oxygen atoms in total. The topological polar surface area (TPSA) is 75.5 Å². The molecule has 0 unspecified atom stereocenters. The number of likely N-dealkylation sites (tertiary alicyclic amines) is 1.